The van der Waals surface area contributed by atoms with Crippen molar-refractivity contribution < 1.29 is 9.90 Å². The van der Waals surface area contributed by atoms with Gasteiger partial charge in [-0.15, -0.1) is 0 Å². The van der Waals surface area contributed by atoms with Crippen LogP contribution in [0.25, 0.3) is 11.6 Å². The second-order valence-electron chi connectivity index (χ2n) is 6.14. The Kier molecular flexibility index (Phi) is 5.44. The molecule has 0 fully saturated rings. The van der Waals surface area contributed by atoms with Gasteiger partial charge in [0, 0.05) is 44.9 Å². The molecule has 1 aliphatic rings. The minimum Gasteiger partial charge on any atom is -0.507 e. The average molecular weight is 480 g/mol. The monoisotopic (exact) mass is 478 g/mol. The van der Waals surface area contributed by atoms with Crippen molar-refractivity contribution in [2.24, 2.45) is 0 Å². The lowest BCUT2D eigenvalue weighted by atomic mass is 9.99. The molecule has 6 heteroatoms. The Bertz CT molecular complexity index is 919. The molecule has 2 N–H and O–H groups in total. The van der Waals surface area contributed by atoms with Gasteiger partial charge in [0.05, 0.1) is 11.3 Å². The van der Waals surface area contributed by atoms with E-state index in [-0.39, 0.29) is 11.7 Å². The largest absolute Gasteiger partial charge is 0.507 e. The molecule has 136 valence electrons. The molecule has 1 amide bonds. The van der Waals surface area contributed by atoms with Crippen molar-refractivity contribution in [2.45, 2.75) is 20.8 Å². The summed E-state index contributed by atoms with van der Waals surface area (Å²) in [5.74, 6) is -0.0102. The zero-order chi connectivity index (χ0) is 19.0. The molecular weight excluding hydrogens is 460 g/mol. The Morgan fingerprint density at radius 2 is 1.85 bits per heavy atom. The van der Waals surface area contributed by atoms with Crippen LogP contribution in [0.5, 0.6) is 5.75 Å². The maximum Gasteiger partial charge on any atom is 0.256 e. The molecule has 1 heterocycles. The molecule has 0 saturated heterocycles. The lowest BCUT2D eigenvalue weighted by Gasteiger charge is -2.21. The molecule has 0 saturated carbocycles. The fourth-order valence-electron chi connectivity index (χ4n) is 3.20. The first-order valence-electron chi connectivity index (χ1n) is 8.47. The number of carbonyl (C=O) groups excluding carboxylic acids is 1. The highest BCUT2D eigenvalue weighted by Gasteiger charge is 2.29. The van der Waals surface area contributed by atoms with Crippen LogP contribution >= 0.6 is 31.9 Å². The molecule has 0 spiro atoms. The van der Waals surface area contributed by atoms with Gasteiger partial charge in [0.2, 0.25) is 0 Å². The summed E-state index contributed by atoms with van der Waals surface area (Å²) in [5.41, 5.74) is 4.73. The zero-order valence-corrected chi connectivity index (χ0v) is 18.0. The van der Waals surface area contributed by atoms with Crippen molar-refractivity contribution in [1.29, 1.82) is 0 Å². The zero-order valence-electron chi connectivity index (χ0n) is 14.9. The smallest absolute Gasteiger partial charge is 0.256 e. The fraction of sp³-hybridized carbons (Fsp3) is 0.250. The van der Waals surface area contributed by atoms with Crippen molar-refractivity contribution in [3.8, 4) is 5.75 Å². The Hall–Kier alpha value is -1.79. The average Bonchev–Trinajstić information content (AvgIpc) is 2.93. The lowest BCUT2D eigenvalue weighted by Crippen LogP contribution is -2.21. The van der Waals surface area contributed by atoms with E-state index in [1.165, 1.54) is 0 Å². The van der Waals surface area contributed by atoms with Crippen LogP contribution < -0.4 is 10.2 Å². The van der Waals surface area contributed by atoms with Gasteiger partial charge in [0.25, 0.3) is 5.91 Å². The number of carbonyl (C=O) groups is 1. The lowest BCUT2D eigenvalue weighted by molar-refractivity contribution is -0.110. The van der Waals surface area contributed by atoms with Crippen LogP contribution in [-0.2, 0) is 4.79 Å². The predicted molar refractivity (Wildman–Crippen MR) is 115 cm³/mol. The van der Waals surface area contributed by atoms with Gasteiger partial charge < -0.3 is 15.3 Å². The van der Waals surface area contributed by atoms with E-state index in [2.05, 4.69) is 55.9 Å². The molecule has 0 aromatic heterocycles. The van der Waals surface area contributed by atoms with Gasteiger partial charge in [-0.05, 0) is 66.5 Å². The van der Waals surface area contributed by atoms with Crippen LogP contribution in [0.1, 0.15) is 30.5 Å². The Morgan fingerprint density at radius 1 is 1.15 bits per heavy atom. The third-order valence-electron chi connectivity index (χ3n) is 4.67. The summed E-state index contributed by atoms with van der Waals surface area (Å²) in [6, 6.07) is 7.49. The fourth-order valence-corrected chi connectivity index (χ4v) is 4.46. The number of phenols is 1. The van der Waals surface area contributed by atoms with E-state index in [0.29, 0.717) is 11.1 Å². The summed E-state index contributed by atoms with van der Waals surface area (Å²) < 4.78 is 1.74. The maximum absolute atomic E-state index is 12.5. The Labute approximate surface area is 170 Å². The van der Waals surface area contributed by atoms with Crippen LogP contribution in [-0.4, -0.2) is 24.1 Å². The molecule has 0 radical (unpaired) electrons. The van der Waals surface area contributed by atoms with Gasteiger partial charge in [-0.1, -0.05) is 15.9 Å². The molecule has 2 aromatic carbocycles. The standard InChI is InChI=1S/C20H20Br2N2O2/c1-4-24(5-2)13-7-6-12(17(25)9-13)8-14-18-11(3)15(21)10-16(22)19(18)23-20(14)26/h6-10,25H,4-5H2,1-3H3,(H,23,26). The van der Waals surface area contributed by atoms with Crippen molar-refractivity contribution in [1.82, 2.24) is 0 Å². The number of rotatable bonds is 4. The number of anilines is 2. The quantitative estimate of drug-likeness (QED) is 0.564. The topological polar surface area (TPSA) is 52.6 Å². The van der Waals surface area contributed by atoms with Crippen LogP contribution in [0.2, 0.25) is 0 Å². The van der Waals surface area contributed by atoms with Gasteiger partial charge in [0.15, 0.2) is 0 Å². The third-order valence-corrected chi connectivity index (χ3v) is 6.12. The first kappa shape index (κ1) is 19.0. The molecule has 26 heavy (non-hydrogen) atoms. The molecule has 3 rings (SSSR count). The molecule has 2 aromatic rings. The number of hydrogen-bond donors (Lipinski definition) is 2. The molecule has 1 aliphatic heterocycles. The SMILES string of the molecule is CCN(CC)c1ccc(C=C2C(=O)Nc3c(Br)cc(Br)c(C)c32)c(O)c1. The van der Waals surface area contributed by atoms with Gasteiger partial charge in [-0.2, -0.15) is 0 Å². The summed E-state index contributed by atoms with van der Waals surface area (Å²) in [6.45, 7) is 7.86. The first-order chi connectivity index (χ1) is 12.4. The third kappa shape index (κ3) is 3.28. The van der Waals surface area contributed by atoms with E-state index >= 15 is 0 Å². The summed E-state index contributed by atoms with van der Waals surface area (Å²) in [6.07, 6.45) is 1.74. The Balaban J connectivity index is 2.09. The van der Waals surface area contributed by atoms with Crippen molar-refractivity contribution in [2.75, 3.05) is 23.3 Å². The minimum atomic E-state index is -0.172. The normalized spacial score (nSPS) is 14.5. The van der Waals surface area contributed by atoms with Crippen LogP contribution in [0.4, 0.5) is 11.4 Å². The minimum absolute atomic E-state index is 0.162. The number of nitrogens with zero attached hydrogens (tertiary/aromatic N) is 1. The van der Waals surface area contributed by atoms with Crippen molar-refractivity contribution in [3.63, 3.8) is 0 Å². The van der Waals surface area contributed by atoms with E-state index in [0.717, 1.165) is 44.5 Å². The molecule has 0 bridgehead atoms. The number of phenolic OH excluding ortho intramolecular Hbond substituents is 1. The number of hydrogen-bond acceptors (Lipinski definition) is 3. The van der Waals surface area contributed by atoms with Crippen molar-refractivity contribution >= 4 is 60.8 Å². The summed E-state index contributed by atoms with van der Waals surface area (Å²) >= 11 is 7.04. The number of nitrogens with one attached hydrogen (secondary N) is 1. The molecular formula is C20H20Br2N2O2. The van der Waals surface area contributed by atoms with Gasteiger partial charge in [-0.25, -0.2) is 0 Å². The second kappa shape index (κ2) is 7.45. The second-order valence-corrected chi connectivity index (χ2v) is 7.85. The molecule has 0 atom stereocenters. The van der Waals surface area contributed by atoms with E-state index < -0.39 is 0 Å². The molecule has 0 unspecified atom stereocenters. The Morgan fingerprint density at radius 3 is 2.46 bits per heavy atom. The van der Waals surface area contributed by atoms with E-state index in [9.17, 15) is 9.90 Å². The van der Waals surface area contributed by atoms with Gasteiger partial charge in [0.1, 0.15) is 5.75 Å². The number of amides is 1. The van der Waals surface area contributed by atoms with E-state index in [4.69, 9.17) is 0 Å². The van der Waals surface area contributed by atoms with E-state index in [1.807, 2.05) is 25.1 Å². The van der Waals surface area contributed by atoms with E-state index in [1.54, 1.807) is 12.1 Å². The highest BCUT2D eigenvalue weighted by atomic mass is 79.9. The number of benzene rings is 2. The molecule has 4 nitrogen and oxygen atoms in total. The summed E-state index contributed by atoms with van der Waals surface area (Å²) in [7, 11) is 0. The first-order valence-corrected chi connectivity index (χ1v) is 10.1. The predicted octanol–water partition coefficient (Wildman–Crippen LogP) is 5.56. The summed E-state index contributed by atoms with van der Waals surface area (Å²) in [4.78, 5) is 14.7. The number of fused-ring (bicyclic) bond motifs is 1. The molecule has 0 aliphatic carbocycles. The summed E-state index contributed by atoms with van der Waals surface area (Å²) in [5, 5.41) is 13.4. The maximum atomic E-state index is 12.5. The van der Waals surface area contributed by atoms with Crippen LogP contribution in [0, 0.1) is 6.92 Å². The van der Waals surface area contributed by atoms with Crippen LogP contribution in [0.15, 0.2) is 33.2 Å². The van der Waals surface area contributed by atoms with Gasteiger partial charge >= 0.3 is 0 Å². The van der Waals surface area contributed by atoms with Crippen LogP contribution in [0.3, 0.4) is 0 Å². The highest BCUT2D eigenvalue weighted by molar-refractivity contribution is 9.11. The number of aromatic hydroxyl groups is 1. The van der Waals surface area contributed by atoms with Crippen molar-refractivity contribution in [3.05, 3.63) is 49.9 Å². The number of halogens is 2. The highest BCUT2D eigenvalue weighted by Crippen LogP contribution is 2.44. The van der Waals surface area contributed by atoms with Gasteiger partial charge in [-0.3, -0.25) is 4.79 Å².